The van der Waals surface area contributed by atoms with Crippen LogP contribution in [0.1, 0.15) is 37.0 Å². The number of carbonyl (C=O) groups excluding carboxylic acids is 2. The summed E-state index contributed by atoms with van der Waals surface area (Å²) < 4.78 is 24.3. The van der Waals surface area contributed by atoms with Crippen LogP contribution >= 0.6 is 0 Å². The minimum atomic E-state index is -1.24. The molecule has 1 atom stereocenters. The lowest BCUT2D eigenvalue weighted by Crippen LogP contribution is -2.43. The lowest BCUT2D eigenvalue weighted by molar-refractivity contribution is -0.128. The Morgan fingerprint density at radius 1 is 1.17 bits per heavy atom. The predicted octanol–water partition coefficient (Wildman–Crippen LogP) is 3.53. The van der Waals surface area contributed by atoms with Gasteiger partial charge >= 0.3 is 0 Å². The molecule has 1 heterocycles. The van der Waals surface area contributed by atoms with E-state index < -0.39 is 11.5 Å². The first-order chi connectivity index (χ1) is 13.8. The smallest absolute Gasteiger partial charge is 0.267 e. The number of anilines is 1. The third kappa shape index (κ3) is 5.54. The van der Waals surface area contributed by atoms with Crippen molar-refractivity contribution in [3.63, 3.8) is 0 Å². The van der Waals surface area contributed by atoms with E-state index in [0.717, 1.165) is 19.4 Å². The van der Waals surface area contributed by atoms with Crippen LogP contribution in [0.25, 0.3) is 0 Å². The number of nitrogens with one attached hydrogen (secondary N) is 2. The van der Waals surface area contributed by atoms with Crippen LogP contribution in [-0.2, 0) is 9.53 Å². The van der Waals surface area contributed by atoms with Gasteiger partial charge in [-0.25, -0.2) is 4.39 Å². The Morgan fingerprint density at radius 2 is 1.90 bits per heavy atom. The first kappa shape index (κ1) is 20.8. The van der Waals surface area contributed by atoms with Gasteiger partial charge in [-0.05, 0) is 63.1 Å². The van der Waals surface area contributed by atoms with Gasteiger partial charge in [0.25, 0.3) is 11.8 Å². The fourth-order valence-corrected chi connectivity index (χ4v) is 3.01. The van der Waals surface area contributed by atoms with Gasteiger partial charge in [0.05, 0.1) is 17.4 Å². The maximum atomic E-state index is 13.1. The van der Waals surface area contributed by atoms with Crippen LogP contribution in [0, 0.1) is 5.82 Å². The minimum Gasteiger partial charge on any atom is -0.478 e. The highest BCUT2D eigenvalue weighted by molar-refractivity contribution is 6.05. The van der Waals surface area contributed by atoms with Gasteiger partial charge in [0.15, 0.2) is 5.60 Å². The average Bonchev–Trinajstić information content (AvgIpc) is 3.22. The maximum Gasteiger partial charge on any atom is 0.267 e. The molecule has 2 amide bonds. The number of halogens is 1. The Kier molecular flexibility index (Phi) is 6.49. The molecule has 1 fully saturated rings. The van der Waals surface area contributed by atoms with Crippen LogP contribution in [0.5, 0.6) is 5.75 Å². The van der Waals surface area contributed by atoms with Crippen molar-refractivity contribution < 1.29 is 23.5 Å². The number of carbonyl (C=O) groups is 2. The first-order valence-corrected chi connectivity index (χ1v) is 9.60. The molecular formula is C22H25FN2O4. The number of ether oxygens (including phenoxy) is 2. The van der Waals surface area contributed by atoms with Crippen molar-refractivity contribution in [2.75, 3.05) is 18.5 Å². The zero-order valence-electron chi connectivity index (χ0n) is 16.5. The molecule has 1 aliphatic heterocycles. The summed E-state index contributed by atoms with van der Waals surface area (Å²) in [4.78, 5) is 25.4. The highest BCUT2D eigenvalue weighted by Gasteiger charge is 2.31. The van der Waals surface area contributed by atoms with Crippen molar-refractivity contribution in [2.45, 2.75) is 38.4 Å². The Morgan fingerprint density at radius 3 is 2.59 bits per heavy atom. The summed E-state index contributed by atoms with van der Waals surface area (Å²) in [6.45, 7) is 4.36. The normalized spacial score (nSPS) is 16.3. The van der Waals surface area contributed by atoms with Gasteiger partial charge in [-0.3, -0.25) is 9.59 Å². The lowest BCUT2D eigenvalue weighted by atomic mass is 10.1. The summed E-state index contributed by atoms with van der Waals surface area (Å²) in [7, 11) is 0. The predicted molar refractivity (Wildman–Crippen MR) is 107 cm³/mol. The van der Waals surface area contributed by atoms with Gasteiger partial charge in [0, 0.05) is 13.2 Å². The molecule has 0 saturated carbocycles. The fraction of sp³-hybridized carbons (Fsp3) is 0.364. The molecule has 1 saturated heterocycles. The molecule has 0 unspecified atom stereocenters. The largest absolute Gasteiger partial charge is 0.478 e. The zero-order valence-corrected chi connectivity index (χ0v) is 16.5. The maximum absolute atomic E-state index is 13.1. The summed E-state index contributed by atoms with van der Waals surface area (Å²) in [5.74, 6) is -0.730. The van der Waals surface area contributed by atoms with Gasteiger partial charge in [0.1, 0.15) is 11.6 Å². The van der Waals surface area contributed by atoms with Crippen LogP contribution in [0.3, 0.4) is 0 Å². The third-order valence-electron chi connectivity index (χ3n) is 4.67. The number of rotatable bonds is 7. The molecule has 7 heteroatoms. The van der Waals surface area contributed by atoms with E-state index >= 15 is 0 Å². The van der Waals surface area contributed by atoms with Gasteiger partial charge in [0.2, 0.25) is 0 Å². The summed E-state index contributed by atoms with van der Waals surface area (Å²) in [5.41, 5.74) is -0.492. The molecule has 1 aliphatic rings. The molecule has 29 heavy (non-hydrogen) atoms. The topological polar surface area (TPSA) is 76.7 Å². The molecule has 3 rings (SSSR count). The van der Waals surface area contributed by atoms with E-state index in [1.54, 1.807) is 38.1 Å². The first-order valence-electron chi connectivity index (χ1n) is 9.60. The number of amides is 2. The Balaban J connectivity index is 1.66. The Labute approximate surface area is 169 Å². The van der Waals surface area contributed by atoms with E-state index in [4.69, 9.17) is 9.47 Å². The van der Waals surface area contributed by atoms with Crippen molar-refractivity contribution in [3.8, 4) is 5.75 Å². The van der Waals surface area contributed by atoms with Crippen molar-refractivity contribution in [2.24, 2.45) is 0 Å². The van der Waals surface area contributed by atoms with E-state index in [9.17, 15) is 14.0 Å². The van der Waals surface area contributed by atoms with Crippen LogP contribution in [0.15, 0.2) is 48.5 Å². The number of hydrogen-bond donors (Lipinski definition) is 2. The molecule has 0 radical (unpaired) electrons. The highest BCUT2D eigenvalue weighted by atomic mass is 19.1. The molecule has 2 aromatic rings. The summed E-state index contributed by atoms with van der Waals surface area (Å²) in [6, 6.07) is 12.2. The van der Waals surface area contributed by atoms with Crippen molar-refractivity contribution in [1.29, 1.82) is 0 Å². The van der Waals surface area contributed by atoms with Crippen molar-refractivity contribution in [1.82, 2.24) is 5.32 Å². The van der Waals surface area contributed by atoms with Gasteiger partial charge in [-0.1, -0.05) is 12.1 Å². The van der Waals surface area contributed by atoms with E-state index in [1.165, 1.54) is 24.3 Å². The average molecular weight is 400 g/mol. The second-order valence-electron chi connectivity index (χ2n) is 7.41. The Bertz CT molecular complexity index is 861. The van der Waals surface area contributed by atoms with Gasteiger partial charge in [-0.15, -0.1) is 0 Å². The van der Waals surface area contributed by atoms with Crippen LogP contribution in [0.4, 0.5) is 10.1 Å². The molecule has 0 bridgehead atoms. The quantitative estimate of drug-likeness (QED) is 0.746. The van der Waals surface area contributed by atoms with Crippen LogP contribution < -0.4 is 15.4 Å². The lowest BCUT2D eigenvalue weighted by Gasteiger charge is -2.26. The molecule has 6 nitrogen and oxygen atoms in total. The van der Waals surface area contributed by atoms with Crippen molar-refractivity contribution in [3.05, 3.63) is 59.9 Å². The molecule has 0 aromatic heterocycles. The summed E-state index contributed by atoms with van der Waals surface area (Å²) in [6.07, 6.45) is 1.95. The van der Waals surface area contributed by atoms with E-state index in [1.807, 2.05) is 0 Å². The molecule has 2 aromatic carbocycles. The second-order valence-corrected chi connectivity index (χ2v) is 7.41. The molecular weight excluding hydrogens is 375 g/mol. The molecule has 2 N–H and O–H groups in total. The van der Waals surface area contributed by atoms with Gasteiger partial charge < -0.3 is 20.1 Å². The van der Waals surface area contributed by atoms with Crippen LogP contribution in [-0.4, -0.2) is 36.7 Å². The molecule has 154 valence electrons. The van der Waals surface area contributed by atoms with E-state index in [-0.39, 0.29) is 17.8 Å². The second kappa shape index (κ2) is 9.05. The Hall–Kier alpha value is -2.93. The van der Waals surface area contributed by atoms with Crippen LogP contribution in [0.2, 0.25) is 0 Å². The molecule has 0 spiro atoms. The molecule has 0 aliphatic carbocycles. The van der Waals surface area contributed by atoms with E-state index in [2.05, 4.69) is 10.6 Å². The number of para-hydroxylation sites is 1. The summed E-state index contributed by atoms with van der Waals surface area (Å²) in [5, 5.41) is 5.62. The monoisotopic (exact) mass is 400 g/mol. The van der Waals surface area contributed by atoms with Crippen molar-refractivity contribution >= 4 is 17.5 Å². The minimum absolute atomic E-state index is 0.0312. The zero-order chi connectivity index (χ0) is 20.9. The summed E-state index contributed by atoms with van der Waals surface area (Å²) >= 11 is 0. The standard InChI is InChI=1S/C22H25FN2O4/c1-22(2,29-16-11-9-15(23)10-12-16)21(27)25-19-8-4-3-7-18(19)20(26)24-14-17-6-5-13-28-17/h3-4,7-12,17H,5-6,13-14H2,1-2H3,(H,24,26)(H,25,27)/t17-/m0/s1. The highest BCUT2D eigenvalue weighted by Crippen LogP contribution is 2.22. The van der Waals surface area contributed by atoms with E-state index in [0.29, 0.717) is 23.5 Å². The fourth-order valence-electron chi connectivity index (χ4n) is 3.01. The third-order valence-corrected chi connectivity index (χ3v) is 4.67. The number of hydrogen-bond acceptors (Lipinski definition) is 4. The van der Waals surface area contributed by atoms with Gasteiger partial charge in [-0.2, -0.15) is 0 Å². The number of benzene rings is 2. The SMILES string of the molecule is CC(C)(Oc1ccc(F)cc1)C(=O)Nc1ccccc1C(=O)NC[C@@H]1CCCO1.